The third kappa shape index (κ3) is 2.14. The summed E-state index contributed by atoms with van der Waals surface area (Å²) in [6, 6.07) is 6.36. The smallest absolute Gasteiger partial charge is 0.240 e. The second-order valence-electron chi connectivity index (χ2n) is 3.31. The van der Waals surface area contributed by atoms with Gasteiger partial charge in [-0.2, -0.15) is 4.98 Å². The number of hydrogen-bond donors (Lipinski definition) is 0. The fraction of sp³-hybridized carbons (Fsp3) is 0.273. The predicted octanol–water partition coefficient (Wildman–Crippen LogP) is 3.72. The Kier molecular flexibility index (Phi) is 3.33. The molecule has 0 radical (unpaired) electrons. The molecule has 0 aliphatic heterocycles. The molecule has 5 heteroatoms. The lowest BCUT2D eigenvalue weighted by molar-refractivity contribution is 0.376. The van der Waals surface area contributed by atoms with Crippen molar-refractivity contribution in [2.75, 3.05) is 0 Å². The molecule has 16 heavy (non-hydrogen) atoms. The lowest BCUT2D eigenvalue weighted by atomic mass is 10.2. The molecule has 2 rings (SSSR count). The Balaban J connectivity index is 2.35. The highest BCUT2D eigenvalue weighted by molar-refractivity contribution is 9.09. The Labute approximate surface area is 101 Å². The van der Waals surface area contributed by atoms with Crippen LogP contribution in [0.5, 0.6) is 0 Å². The molecule has 1 aromatic heterocycles. The molecule has 0 spiro atoms. The molecule has 0 fully saturated rings. The van der Waals surface area contributed by atoms with Crippen molar-refractivity contribution in [3.8, 4) is 11.4 Å². The summed E-state index contributed by atoms with van der Waals surface area (Å²) >= 11 is 3.40. The summed E-state index contributed by atoms with van der Waals surface area (Å²) in [6.07, 6.45) is 0.832. The summed E-state index contributed by atoms with van der Waals surface area (Å²) in [5, 5.41) is 3.76. The van der Waals surface area contributed by atoms with Crippen molar-refractivity contribution in [3.63, 3.8) is 0 Å². The number of aromatic nitrogens is 2. The zero-order valence-corrected chi connectivity index (χ0v) is 10.2. The molecular formula is C11H10BrFN2O. The first-order valence-corrected chi connectivity index (χ1v) is 5.86. The van der Waals surface area contributed by atoms with E-state index >= 15 is 0 Å². The Morgan fingerprint density at radius 1 is 1.44 bits per heavy atom. The summed E-state index contributed by atoms with van der Waals surface area (Å²) in [4.78, 5) is 4.16. The molecule has 84 valence electrons. The van der Waals surface area contributed by atoms with Crippen LogP contribution >= 0.6 is 15.9 Å². The lowest BCUT2D eigenvalue weighted by Crippen LogP contribution is -1.89. The second kappa shape index (κ2) is 4.74. The Bertz CT molecular complexity index is 486. The second-order valence-corrected chi connectivity index (χ2v) is 4.42. The fourth-order valence-corrected chi connectivity index (χ4v) is 1.47. The van der Waals surface area contributed by atoms with Gasteiger partial charge in [0.15, 0.2) is 0 Å². The Morgan fingerprint density at radius 3 is 2.88 bits per heavy atom. The van der Waals surface area contributed by atoms with Crippen molar-refractivity contribution in [1.29, 1.82) is 0 Å². The highest BCUT2D eigenvalue weighted by Gasteiger charge is 2.16. The van der Waals surface area contributed by atoms with Gasteiger partial charge in [0, 0.05) is 0 Å². The summed E-state index contributed by atoms with van der Waals surface area (Å²) in [7, 11) is 0. The van der Waals surface area contributed by atoms with Gasteiger partial charge >= 0.3 is 0 Å². The molecule has 0 N–H and O–H groups in total. The number of rotatable bonds is 3. The predicted molar refractivity (Wildman–Crippen MR) is 61.7 cm³/mol. The van der Waals surface area contributed by atoms with Crippen LogP contribution in [0.4, 0.5) is 4.39 Å². The number of hydrogen-bond acceptors (Lipinski definition) is 3. The van der Waals surface area contributed by atoms with Gasteiger partial charge in [-0.15, -0.1) is 0 Å². The average Bonchev–Trinajstić information content (AvgIpc) is 2.78. The largest absolute Gasteiger partial charge is 0.338 e. The van der Waals surface area contributed by atoms with E-state index in [9.17, 15) is 4.39 Å². The van der Waals surface area contributed by atoms with Crippen molar-refractivity contribution < 1.29 is 8.91 Å². The van der Waals surface area contributed by atoms with Crippen molar-refractivity contribution in [2.24, 2.45) is 0 Å². The topological polar surface area (TPSA) is 38.9 Å². The van der Waals surface area contributed by atoms with E-state index in [1.54, 1.807) is 18.2 Å². The minimum absolute atomic E-state index is 0.0144. The first kappa shape index (κ1) is 11.3. The molecule has 1 atom stereocenters. The third-order valence-electron chi connectivity index (χ3n) is 2.18. The maximum Gasteiger partial charge on any atom is 0.240 e. The van der Waals surface area contributed by atoms with Crippen LogP contribution in [0, 0.1) is 5.82 Å². The van der Waals surface area contributed by atoms with E-state index in [0.717, 1.165) is 6.42 Å². The van der Waals surface area contributed by atoms with Gasteiger partial charge in [0.25, 0.3) is 0 Å². The van der Waals surface area contributed by atoms with Gasteiger partial charge in [0.1, 0.15) is 5.82 Å². The number of alkyl halides is 1. The van der Waals surface area contributed by atoms with Crippen LogP contribution in [0.3, 0.4) is 0 Å². The van der Waals surface area contributed by atoms with Gasteiger partial charge in [-0.05, 0) is 18.6 Å². The standard InChI is InChI=1S/C11H10BrFN2O/c1-2-8(12)11-14-10(15-16-11)7-5-3-4-6-9(7)13/h3-6,8H,2H2,1H3. The van der Waals surface area contributed by atoms with E-state index in [0.29, 0.717) is 11.5 Å². The van der Waals surface area contributed by atoms with Crippen LogP contribution in [-0.4, -0.2) is 10.1 Å². The molecule has 0 aliphatic rings. The maximum absolute atomic E-state index is 13.4. The van der Waals surface area contributed by atoms with Crippen molar-refractivity contribution in [2.45, 2.75) is 18.2 Å². The van der Waals surface area contributed by atoms with E-state index in [2.05, 4.69) is 26.1 Å². The van der Waals surface area contributed by atoms with Crippen molar-refractivity contribution in [3.05, 3.63) is 36.0 Å². The zero-order valence-electron chi connectivity index (χ0n) is 8.65. The Morgan fingerprint density at radius 2 is 2.19 bits per heavy atom. The minimum Gasteiger partial charge on any atom is -0.338 e. The van der Waals surface area contributed by atoms with E-state index in [4.69, 9.17) is 4.52 Å². The molecule has 0 saturated carbocycles. The maximum atomic E-state index is 13.4. The summed E-state index contributed by atoms with van der Waals surface area (Å²) in [5.74, 6) is 0.407. The van der Waals surface area contributed by atoms with E-state index in [1.165, 1.54) is 6.07 Å². The number of benzene rings is 1. The van der Waals surface area contributed by atoms with Crippen LogP contribution in [0.1, 0.15) is 24.1 Å². The highest BCUT2D eigenvalue weighted by Crippen LogP contribution is 2.27. The average molecular weight is 285 g/mol. The minimum atomic E-state index is -0.350. The van der Waals surface area contributed by atoms with Crippen molar-refractivity contribution in [1.82, 2.24) is 10.1 Å². The zero-order chi connectivity index (χ0) is 11.5. The molecular weight excluding hydrogens is 275 g/mol. The monoisotopic (exact) mass is 284 g/mol. The van der Waals surface area contributed by atoms with Crippen LogP contribution in [0.15, 0.2) is 28.8 Å². The van der Waals surface area contributed by atoms with Gasteiger partial charge in [0.05, 0.1) is 10.4 Å². The SMILES string of the molecule is CCC(Br)c1nc(-c2ccccc2F)no1. The molecule has 1 aromatic carbocycles. The molecule has 0 aliphatic carbocycles. The normalized spacial score (nSPS) is 12.7. The summed E-state index contributed by atoms with van der Waals surface area (Å²) < 4.78 is 18.5. The lowest BCUT2D eigenvalue weighted by Gasteiger charge is -1.97. The summed E-state index contributed by atoms with van der Waals surface area (Å²) in [5.41, 5.74) is 0.355. The fourth-order valence-electron chi connectivity index (χ4n) is 1.29. The van der Waals surface area contributed by atoms with E-state index < -0.39 is 0 Å². The van der Waals surface area contributed by atoms with E-state index in [-0.39, 0.29) is 16.5 Å². The highest BCUT2D eigenvalue weighted by atomic mass is 79.9. The molecule has 0 amide bonds. The van der Waals surface area contributed by atoms with Crippen molar-refractivity contribution >= 4 is 15.9 Å². The molecule has 1 heterocycles. The Hall–Kier alpha value is -1.23. The van der Waals surface area contributed by atoms with Gasteiger partial charge < -0.3 is 4.52 Å². The molecule has 3 nitrogen and oxygen atoms in total. The summed E-state index contributed by atoms with van der Waals surface area (Å²) in [6.45, 7) is 1.99. The molecule has 0 bridgehead atoms. The van der Waals surface area contributed by atoms with Gasteiger partial charge in [-0.1, -0.05) is 40.1 Å². The molecule has 2 aromatic rings. The number of halogens is 2. The van der Waals surface area contributed by atoms with Gasteiger partial charge in [0.2, 0.25) is 11.7 Å². The number of nitrogens with zero attached hydrogens (tertiary/aromatic N) is 2. The van der Waals surface area contributed by atoms with Crippen LogP contribution in [0.25, 0.3) is 11.4 Å². The van der Waals surface area contributed by atoms with Crippen LogP contribution < -0.4 is 0 Å². The van der Waals surface area contributed by atoms with E-state index in [1.807, 2.05) is 6.92 Å². The first-order valence-electron chi connectivity index (χ1n) is 4.95. The third-order valence-corrected chi connectivity index (χ3v) is 3.22. The molecule has 0 saturated heterocycles. The van der Waals surface area contributed by atoms with Crippen LogP contribution in [-0.2, 0) is 0 Å². The van der Waals surface area contributed by atoms with Gasteiger partial charge in [-0.25, -0.2) is 4.39 Å². The quantitative estimate of drug-likeness (QED) is 0.807. The first-order chi connectivity index (χ1) is 7.72. The van der Waals surface area contributed by atoms with Crippen LogP contribution in [0.2, 0.25) is 0 Å². The van der Waals surface area contributed by atoms with Gasteiger partial charge in [-0.3, -0.25) is 0 Å². The molecule has 1 unspecified atom stereocenters.